The molecule has 2 aromatic rings. The lowest BCUT2D eigenvalue weighted by atomic mass is 10.3. The van der Waals surface area contributed by atoms with Gasteiger partial charge in [-0.1, -0.05) is 31.9 Å². The highest BCUT2D eigenvalue weighted by atomic mass is 35.5. The zero-order valence-electron chi connectivity index (χ0n) is 8.95. The number of fused-ring (bicyclic) bond motifs is 1. The molecule has 1 nitrogen and oxygen atoms in total. The van der Waals surface area contributed by atoms with Gasteiger partial charge in [-0.15, -0.1) is 22.9 Å². The van der Waals surface area contributed by atoms with Gasteiger partial charge in [0.2, 0.25) is 0 Å². The summed E-state index contributed by atoms with van der Waals surface area (Å²) in [6.07, 6.45) is 3.73. The van der Waals surface area contributed by atoms with Crippen molar-refractivity contribution in [3.8, 4) is 0 Å². The maximum Gasteiger partial charge on any atom is 0.0812 e. The molecule has 0 atom stereocenters. The number of halogens is 1. The van der Waals surface area contributed by atoms with E-state index in [9.17, 15) is 0 Å². The summed E-state index contributed by atoms with van der Waals surface area (Å²) in [6, 6.07) is 8.13. The first-order valence-corrected chi connectivity index (χ1v) is 6.64. The van der Waals surface area contributed by atoms with Gasteiger partial charge in [-0.25, -0.2) is 4.98 Å². The smallest absolute Gasteiger partial charge is 0.0812 e. The Balaban J connectivity index is 0.000000167. The molecule has 0 N–H and O–H groups in total. The molecule has 0 spiro atoms. The van der Waals surface area contributed by atoms with Gasteiger partial charge in [-0.05, 0) is 18.6 Å². The number of para-hydroxylation sites is 1. The van der Waals surface area contributed by atoms with Crippen LogP contribution in [0.15, 0.2) is 29.8 Å². The highest BCUT2D eigenvalue weighted by molar-refractivity contribution is 7.16. The van der Waals surface area contributed by atoms with Gasteiger partial charge in [-0.2, -0.15) is 0 Å². The molecule has 0 saturated carbocycles. The lowest BCUT2D eigenvalue weighted by molar-refractivity contribution is 0.776. The molecular formula is C12H16ClNS. The summed E-state index contributed by atoms with van der Waals surface area (Å²) in [5.41, 5.74) is 2.97. The SMILES string of the molecule is CCCCCCl.c1ccc2scnc2c1. The van der Waals surface area contributed by atoms with Crippen LogP contribution in [-0.2, 0) is 0 Å². The zero-order chi connectivity index (χ0) is 10.9. The van der Waals surface area contributed by atoms with Crippen molar-refractivity contribution in [2.75, 3.05) is 5.88 Å². The van der Waals surface area contributed by atoms with Gasteiger partial charge in [0.05, 0.1) is 15.7 Å². The van der Waals surface area contributed by atoms with Crippen LogP contribution in [0.1, 0.15) is 26.2 Å². The van der Waals surface area contributed by atoms with E-state index in [0.29, 0.717) is 0 Å². The van der Waals surface area contributed by atoms with Crippen molar-refractivity contribution >= 4 is 33.2 Å². The molecule has 0 saturated heterocycles. The number of aromatic nitrogens is 1. The molecule has 0 unspecified atom stereocenters. The molecule has 82 valence electrons. The van der Waals surface area contributed by atoms with Gasteiger partial charge in [0.25, 0.3) is 0 Å². The molecule has 0 amide bonds. The Labute approximate surface area is 100 Å². The Hall–Kier alpha value is -0.600. The van der Waals surface area contributed by atoms with Crippen LogP contribution in [0.5, 0.6) is 0 Å². The Morgan fingerprint density at radius 3 is 2.67 bits per heavy atom. The van der Waals surface area contributed by atoms with Gasteiger partial charge in [-0.3, -0.25) is 0 Å². The van der Waals surface area contributed by atoms with E-state index in [1.165, 1.54) is 24.0 Å². The van der Waals surface area contributed by atoms with Crippen molar-refractivity contribution in [2.45, 2.75) is 26.2 Å². The molecule has 0 bridgehead atoms. The Morgan fingerprint density at radius 1 is 1.27 bits per heavy atom. The van der Waals surface area contributed by atoms with Crippen LogP contribution in [0.25, 0.3) is 10.2 Å². The number of hydrogen-bond donors (Lipinski definition) is 0. The summed E-state index contributed by atoms with van der Waals surface area (Å²) in [7, 11) is 0. The van der Waals surface area contributed by atoms with Gasteiger partial charge in [0.15, 0.2) is 0 Å². The fourth-order valence-corrected chi connectivity index (χ4v) is 2.02. The number of unbranched alkanes of at least 4 members (excludes halogenated alkanes) is 2. The van der Waals surface area contributed by atoms with E-state index in [-0.39, 0.29) is 0 Å². The molecule has 1 heterocycles. The van der Waals surface area contributed by atoms with Crippen LogP contribution in [0, 0.1) is 0 Å². The topological polar surface area (TPSA) is 12.9 Å². The minimum absolute atomic E-state index is 0.827. The largest absolute Gasteiger partial charge is 0.245 e. The van der Waals surface area contributed by atoms with Crippen molar-refractivity contribution < 1.29 is 0 Å². The van der Waals surface area contributed by atoms with Crippen LogP contribution < -0.4 is 0 Å². The minimum Gasteiger partial charge on any atom is -0.245 e. The van der Waals surface area contributed by atoms with Crippen LogP contribution in [-0.4, -0.2) is 10.9 Å². The number of benzene rings is 1. The average molecular weight is 242 g/mol. The average Bonchev–Trinajstić information content (AvgIpc) is 2.75. The number of alkyl halides is 1. The summed E-state index contributed by atoms with van der Waals surface area (Å²) >= 11 is 7.06. The van der Waals surface area contributed by atoms with Crippen LogP contribution in [0.3, 0.4) is 0 Å². The molecule has 0 fully saturated rings. The van der Waals surface area contributed by atoms with Crippen molar-refractivity contribution in [1.29, 1.82) is 0 Å². The Kier molecular flexibility index (Phi) is 6.37. The van der Waals surface area contributed by atoms with Crippen molar-refractivity contribution in [2.24, 2.45) is 0 Å². The first kappa shape index (κ1) is 12.5. The predicted octanol–water partition coefficient (Wildman–Crippen LogP) is 4.71. The quantitative estimate of drug-likeness (QED) is 0.560. The van der Waals surface area contributed by atoms with E-state index in [2.05, 4.69) is 18.0 Å². The first-order valence-electron chi connectivity index (χ1n) is 5.22. The second kappa shape index (κ2) is 7.66. The molecule has 0 aliphatic rings. The summed E-state index contributed by atoms with van der Waals surface area (Å²) in [5.74, 6) is 0.827. The molecule has 0 aliphatic carbocycles. The standard InChI is InChI=1S/C7H5NS.C5H11Cl/c1-2-4-7-6(3-1)8-5-9-7;1-2-3-4-5-6/h1-5H;2-5H2,1H3. The lowest BCUT2D eigenvalue weighted by Crippen LogP contribution is -1.70. The van der Waals surface area contributed by atoms with Gasteiger partial charge in [0.1, 0.15) is 0 Å². The summed E-state index contributed by atoms with van der Waals surface area (Å²) in [6.45, 7) is 2.17. The molecule has 2 rings (SSSR count). The zero-order valence-corrected chi connectivity index (χ0v) is 10.5. The third-order valence-corrected chi connectivity index (χ3v) is 3.05. The minimum atomic E-state index is 0.827. The van der Waals surface area contributed by atoms with Crippen molar-refractivity contribution in [1.82, 2.24) is 4.98 Å². The Morgan fingerprint density at radius 2 is 2.07 bits per heavy atom. The van der Waals surface area contributed by atoms with Gasteiger partial charge < -0.3 is 0 Å². The molecule has 1 aromatic carbocycles. The van der Waals surface area contributed by atoms with Crippen LogP contribution in [0.2, 0.25) is 0 Å². The fraction of sp³-hybridized carbons (Fsp3) is 0.417. The van der Waals surface area contributed by atoms with Crippen molar-refractivity contribution in [3.05, 3.63) is 29.8 Å². The fourth-order valence-electron chi connectivity index (χ4n) is 1.15. The molecule has 0 aliphatic heterocycles. The highest BCUT2D eigenvalue weighted by Crippen LogP contribution is 2.15. The second-order valence-corrected chi connectivity index (χ2v) is 4.48. The maximum atomic E-state index is 5.38. The summed E-state index contributed by atoms with van der Waals surface area (Å²) in [4.78, 5) is 4.14. The number of rotatable bonds is 3. The van der Waals surface area contributed by atoms with Crippen molar-refractivity contribution in [3.63, 3.8) is 0 Å². The Bertz CT molecular complexity index is 338. The summed E-state index contributed by atoms with van der Waals surface area (Å²) in [5, 5.41) is 0. The third kappa shape index (κ3) is 4.63. The predicted molar refractivity (Wildman–Crippen MR) is 69.9 cm³/mol. The van der Waals surface area contributed by atoms with E-state index < -0.39 is 0 Å². The van der Waals surface area contributed by atoms with E-state index in [1.807, 2.05) is 23.7 Å². The third-order valence-electron chi connectivity index (χ3n) is 1.97. The van der Waals surface area contributed by atoms with E-state index in [4.69, 9.17) is 11.6 Å². The van der Waals surface area contributed by atoms with Crippen LogP contribution >= 0.6 is 22.9 Å². The van der Waals surface area contributed by atoms with E-state index >= 15 is 0 Å². The monoisotopic (exact) mass is 241 g/mol. The molecule has 0 radical (unpaired) electrons. The van der Waals surface area contributed by atoms with Gasteiger partial charge >= 0.3 is 0 Å². The first-order chi connectivity index (χ1) is 7.38. The normalized spacial score (nSPS) is 9.73. The number of thiazole rings is 1. The van der Waals surface area contributed by atoms with E-state index in [1.54, 1.807) is 11.3 Å². The molecule has 15 heavy (non-hydrogen) atoms. The lowest BCUT2D eigenvalue weighted by Gasteiger charge is -1.84. The molecular weight excluding hydrogens is 226 g/mol. The summed E-state index contributed by atoms with van der Waals surface area (Å²) < 4.78 is 1.26. The molecule has 3 heteroatoms. The number of nitrogens with zero attached hydrogens (tertiary/aromatic N) is 1. The second-order valence-electron chi connectivity index (χ2n) is 3.22. The number of hydrogen-bond acceptors (Lipinski definition) is 2. The van der Waals surface area contributed by atoms with Crippen LogP contribution in [0.4, 0.5) is 0 Å². The maximum absolute atomic E-state index is 5.38. The molecule has 1 aromatic heterocycles. The van der Waals surface area contributed by atoms with E-state index in [0.717, 1.165) is 11.4 Å². The highest BCUT2D eigenvalue weighted by Gasteiger charge is 1.89. The van der Waals surface area contributed by atoms with Gasteiger partial charge in [0, 0.05) is 5.88 Å².